The van der Waals surface area contributed by atoms with E-state index in [1.165, 1.54) is 6.07 Å². The summed E-state index contributed by atoms with van der Waals surface area (Å²) in [6.45, 7) is 8.00. The van der Waals surface area contributed by atoms with Crippen LogP contribution in [0, 0.1) is 20.9 Å². The minimum Gasteiger partial charge on any atom is -0.481 e. The van der Waals surface area contributed by atoms with Crippen LogP contribution >= 0.6 is 15.9 Å². The highest BCUT2D eigenvalue weighted by Crippen LogP contribution is 2.55. The number of rotatable bonds is 7. The number of halogens is 4. The number of hydrogen-bond donors (Lipinski definition) is 1. The lowest BCUT2D eigenvalue weighted by atomic mass is 9.63. The number of ketones is 2. The summed E-state index contributed by atoms with van der Waals surface area (Å²) in [6.07, 6.45) is -3.51. The number of benzene rings is 2. The molecule has 46 heavy (non-hydrogen) atoms. The third-order valence-electron chi connectivity index (χ3n) is 8.56. The number of Topliss-reactive ketones (excluding diaryl/α,β-unsaturated/α-hetero) is 2. The van der Waals surface area contributed by atoms with Gasteiger partial charge < -0.3 is 14.7 Å². The molecule has 0 spiro atoms. The fourth-order valence-electron chi connectivity index (χ4n) is 6.68. The first-order chi connectivity index (χ1) is 21.3. The van der Waals surface area contributed by atoms with Gasteiger partial charge in [0.05, 0.1) is 21.4 Å². The monoisotopic (exact) mass is 704 g/mol. The molecule has 0 saturated heterocycles. The molecule has 3 aliphatic rings. The van der Waals surface area contributed by atoms with Crippen molar-refractivity contribution in [3.63, 3.8) is 0 Å². The Balaban J connectivity index is 1.63. The average Bonchev–Trinajstić information content (AvgIpc) is 2.90. The van der Waals surface area contributed by atoms with Gasteiger partial charge in [0, 0.05) is 53.9 Å². The molecule has 1 N–H and O–H groups in total. The second kappa shape index (κ2) is 11.7. The lowest BCUT2D eigenvalue weighted by molar-refractivity contribution is -0.385. The molecular weight excluding hydrogens is 673 g/mol. The molecule has 244 valence electrons. The molecule has 0 aromatic heterocycles. The van der Waals surface area contributed by atoms with Gasteiger partial charge >= 0.3 is 17.8 Å². The van der Waals surface area contributed by atoms with E-state index < -0.39 is 50.8 Å². The molecule has 0 unspecified atom stereocenters. The van der Waals surface area contributed by atoms with E-state index in [1.807, 2.05) is 32.6 Å². The number of hydrogen-bond acceptors (Lipinski definition) is 7. The number of ether oxygens (including phenoxy) is 1. The van der Waals surface area contributed by atoms with Crippen LogP contribution < -0.4 is 4.74 Å². The zero-order valence-electron chi connectivity index (χ0n) is 25.6. The Morgan fingerprint density at radius 3 is 2.00 bits per heavy atom. The number of nitro benzene ring substituents is 1. The van der Waals surface area contributed by atoms with Crippen LogP contribution in [0.1, 0.15) is 76.8 Å². The highest BCUT2D eigenvalue weighted by atomic mass is 79.9. The third kappa shape index (κ3) is 6.47. The van der Waals surface area contributed by atoms with Gasteiger partial charge in [0.25, 0.3) is 0 Å². The van der Waals surface area contributed by atoms with E-state index in [0.717, 1.165) is 6.07 Å². The van der Waals surface area contributed by atoms with Crippen LogP contribution in [0.15, 0.2) is 63.4 Å². The standard InChI is InChI=1S/C33H32BrF3N2O7/c1-31(2)13-21-29(23(40)15-31)28(30-22(38(21)10-9-27(42)43)14-32(3,4)16-24(30)41)17-5-7-25(19(34)11-17)46-26-8-6-18(33(35,36)37)12-20(26)39(44)45/h5-8,11-12,28H,9-10,13-16H2,1-4H3,(H,42,43). The van der Waals surface area contributed by atoms with Gasteiger partial charge in [-0.15, -0.1) is 0 Å². The number of carboxylic acids is 1. The van der Waals surface area contributed by atoms with Crippen molar-refractivity contribution < 1.29 is 42.3 Å². The number of carbonyl (C=O) groups is 3. The topological polar surface area (TPSA) is 127 Å². The van der Waals surface area contributed by atoms with E-state index in [-0.39, 0.29) is 43.1 Å². The average molecular weight is 706 g/mol. The molecule has 1 aliphatic heterocycles. The van der Waals surface area contributed by atoms with Gasteiger partial charge in [-0.3, -0.25) is 24.5 Å². The normalized spacial score (nSPS) is 19.6. The van der Waals surface area contributed by atoms with Gasteiger partial charge in [-0.25, -0.2) is 0 Å². The molecule has 0 radical (unpaired) electrons. The van der Waals surface area contributed by atoms with Crippen molar-refractivity contribution in [3.05, 3.63) is 84.7 Å². The molecule has 0 amide bonds. The number of carbonyl (C=O) groups excluding carboxylic acids is 2. The Kier molecular flexibility index (Phi) is 8.46. The lowest BCUT2D eigenvalue weighted by Crippen LogP contribution is -2.45. The summed E-state index contributed by atoms with van der Waals surface area (Å²) in [5.74, 6) is -2.36. The molecule has 1 heterocycles. The first-order valence-electron chi connectivity index (χ1n) is 14.6. The molecule has 0 bridgehead atoms. The summed E-state index contributed by atoms with van der Waals surface area (Å²) in [5, 5.41) is 21.1. The van der Waals surface area contributed by atoms with E-state index in [9.17, 15) is 42.8 Å². The first-order valence-corrected chi connectivity index (χ1v) is 15.4. The maximum absolute atomic E-state index is 13.9. The Labute approximate surface area is 271 Å². The molecular formula is C33H32BrF3N2O7. The number of carboxylic acid groups (broad SMARTS) is 1. The quantitative estimate of drug-likeness (QED) is 0.225. The van der Waals surface area contributed by atoms with Gasteiger partial charge in [-0.05, 0) is 69.4 Å². The van der Waals surface area contributed by atoms with Gasteiger partial charge in [-0.1, -0.05) is 33.8 Å². The summed E-state index contributed by atoms with van der Waals surface area (Å²) >= 11 is 3.42. The smallest absolute Gasteiger partial charge is 0.416 e. The van der Waals surface area contributed by atoms with Gasteiger partial charge in [0.1, 0.15) is 5.75 Å². The predicted molar refractivity (Wildman–Crippen MR) is 164 cm³/mol. The largest absolute Gasteiger partial charge is 0.481 e. The molecule has 2 aromatic rings. The zero-order valence-corrected chi connectivity index (χ0v) is 27.2. The number of allylic oxidation sites excluding steroid dienone is 4. The third-order valence-corrected chi connectivity index (χ3v) is 9.18. The maximum atomic E-state index is 13.9. The number of nitrogens with zero attached hydrogens (tertiary/aromatic N) is 2. The summed E-state index contributed by atoms with van der Waals surface area (Å²) in [6, 6.07) is 6.72. The van der Waals surface area contributed by atoms with Crippen molar-refractivity contribution in [2.75, 3.05) is 6.54 Å². The minimum atomic E-state index is -4.78. The van der Waals surface area contributed by atoms with Crippen LogP contribution in [-0.4, -0.2) is 39.0 Å². The highest BCUT2D eigenvalue weighted by Gasteiger charge is 2.49. The molecule has 9 nitrogen and oxygen atoms in total. The summed E-state index contributed by atoms with van der Waals surface area (Å²) in [7, 11) is 0. The minimum absolute atomic E-state index is 0.0705. The van der Waals surface area contributed by atoms with Crippen molar-refractivity contribution in [3.8, 4) is 11.5 Å². The molecule has 5 rings (SSSR count). The van der Waals surface area contributed by atoms with Gasteiger partial charge in [-0.2, -0.15) is 13.2 Å². The van der Waals surface area contributed by atoms with Crippen molar-refractivity contribution in [2.24, 2.45) is 10.8 Å². The summed E-state index contributed by atoms with van der Waals surface area (Å²) < 4.78 is 45.6. The lowest BCUT2D eigenvalue weighted by Gasteiger charge is -2.49. The van der Waals surface area contributed by atoms with Gasteiger partial charge in [0.15, 0.2) is 11.6 Å². The fourth-order valence-corrected chi connectivity index (χ4v) is 7.16. The molecule has 13 heteroatoms. The highest BCUT2D eigenvalue weighted by molar-refractivity contribution is 9.10. The predicted octanol–water partition coefficient (Wildman–Crippen LogP) is 8.33. The first kappa shape index (κ1) is 33.4. The van der Waals surface area contributed by atoms with Crippen molar-refractivity contribution in [1.82, 2.24) is 4.90 Å². The molecule has 0 fully saturated rings. The van der Waals surface area contributed by atoms with E-state index in [1.54, 1.807) is 12.1 Å². The Bertz CT molecular complexity index is 1690. The summed E-state index contributed by atoms with van der Waals surface area (Å²) in [5.41, 5.74) is -0.00112. The van der Waals surface area contributed by atoms with Crippen LogP contribution in [0.3, 0.4) is 0 Å². The van der Waals surface area contributed by atoms with Crippen molar-refractivity contribution in [2.45, 2.75) is 71.9 Å². The SMILES string of the molecule is CC1(C)CC(=O)C2=C(C1)N(CCC(=O)O)C1=C(C(=O)CC(C)(C)C1)C2c1ccc(Oc2ccc(C(F)(F)F)cc2[N+](=O)[O-])c(Br)c1. The molecule has 0 atom stereocenters. The zero-order chi connectivity index (χ0) is 33.9. The van der Waals surface area contributed by atoms with Crippen molar-refractivity contribution in [1.29, 1.82) is 0 Å². The van der Waals surface area contributed by atoms with E-state index in [2.05, 4.69) is 15.9 Å². The van der Waals surface area contributed by atoms with E-state index in [4.69, 9.17) is 4.74 Å². The van der Waals surface area contributed by atoms with E-state index in [0.29, 0.717) is 57.6 Å². The van der Waals surface area contributed by atoms with Crippen LogP contribution in [0.4, 0.5) is 18.9 Å². The molecule has 2 aliphatic carbocycles. The number of alkyl halides is 3. The van der Waals surface area contributed by atoms with Crippen LogP contribution in [0.25, 0.3) is 0 Å². The van der Waals surface area contributed by atoms with E-state index >= 15 is 0 Å². The maximum Gasteiger partial charge on any atom is 0.416 e. The number of nitro groups is 1. The Morgan fingerprint density at radius 1 is 0.978 bits per heavy atom. The second-order valence-corrected chi connectivity index (χ2v) is 14.4. The summed E-state index contributed by atoms with van der Waals surface area (Å²) in [4.78, 5) is 52.0. The van der Waals surface area contributed by atoms with Crippen molar-refractivity contribution >= 4 is 39.2 Å². The van der Waals surface area contributed by atoms with Crippen LogP contribution in [0.5, 0.6) is 11.5 Å². The Hall–Kier alpha value is -4.00. The van der Waals surface area contributed by atoms with Gasteiger partial charge in [0.2, 0.25) is 5.75 Å². The fraction of sp³-hybridized carbons (Fsp3) is 0.424. The molecule has 0 saturated carbocycles. The number of aliphatic carboxylic acids is 1. The van der Waals surface area contributed by atoms with Crippen LogP contribution in [0.2, 0.25) is 0 Å². The Morgan fingerprint density at radius 2 is 1.52 bits per heavy atom. The molecule has 2 aromatic carbocycles. The second-order valence-electron chi connectivity index (χ2n) is 13.6. The van der Waals surface area contributed by atoms with Crippen LogP contribution in [-0.2, 0) is 20.6 Å².